The van der Waals surface area contributed by atoms with Gasteiger partial charge in [-0.15, -0.1) is 22.7 Å². The maximum atomic E-state index is 12.5. The molecule has 0 saturated heterocycles. The van der Waals surface area contributed by atoms with Crippen LogP contribution in [0.4, 0.5) is 0 Å². The molecule has 2 aromatic heterocycles. The van der Waals surface area contributed by atoms with Gasteiger partial charge >= 0.3 is 0 Å². The molecule has 0 bridgehead atoms. The lowest BCUT2D eigenvalue weighted by Crippen LogP contribution is -2.22. The van der Waals surface area contributed by atoms with E-state index in [9.17, 15) is 9.59 Å². The Morgan fingerprint density at radius 2 is 1.75 bits per heavy atom. The van der Waals surface area contributed by atoms with E-state index in [1.807, 2.05) is 37.4 Å². The monoisotopic (exact) mass is 415 g/mol. The van der Waals surface area contributed by atoms with Crippen molar-refractivity contribution < 1.29 is 19.1 Å². The molecule has 1 amide bonds. The fourth-order valence-electron chi connectivity index (χ4n) is 2.59. The number of ether oxygens (including phenoxy) is 2. The van der Waals surface area contributed by atoms with Gasteiger partial charge in [0.05, 0.1) is 29.5 Å². The summed E-state index contributed by atoms with van der Waals surface area (Å²) >= 11 is 2.82. The number of carbonyl (C=O) groups is 2. The molecule has 2 heterocycles. The summed E-state index contributed by atoms with van der Waals surface area (Å²) in [5, 5.41) is 4.77. The van der Waals surface area contributed by atoms with E-state index in [-0.39, 0.29) is 11.7 Å². The Morgan fingerprint density at radius 1 is 0.964 bits per heavy atom. The molecular formula is C21H21NO4S2. The number of amides is 1. The molecule has 1 N–H and O–H groups in total. The van der Waals surface area contributed by atoms with E-state index in [4.69, 9.17) is 9.47 Å². The van der Waals surface area contributed by atoms with Crippen molar-refractivity contribution in [3.63, 3.8) is 0 Å². The third-order valence-electron chi connectivity index (χ3n) is 3.86. The molecule has 0 aliphatic carbocycles. The van der Waals surface area contributed by atoms with Gasteiger partial charge in [-0.25, -0.2) is 0 Å². The lowest BCUT2D eigenvalue weighted by Gasteiger charge is -2.12. The number of benzene rings is 1. The number of nitrogens with one attached hydrogen (secondary N) is 1. The fourth-order valence-corrected chi connectivity index (χ4v) is 4.23. The summed E-state index contributed by atoms with van der Waals surface area (Å²) in [6.45, 7) is 5.15. The topological polar surface area (TPSA) is 64.6 Å². The molecular weight excluding hydrogens is 394 g/mol. The summed E-state index contributed by atoms with van der Waals surface area (Å²) in [7, 11) is 0. The molecule has 3 aromatic rings. The predicted molar refractivity (Wildman–Crippen MR) is 112 cm³/mol. The van der Waals surface area contributed by atoms with Crippen LogP contribution in [-0.2, 0) is 6.54 Å². The molecule has 3 rings (SSSR count). The quantitative estimate of drug-likeness (QED) is 0.512. The molecule has 5 nitrogen and oxygen atoms in total. The van der Waals surface area contributed by atoms with Crippen molar-refractivity contribution in [1.29, 1.82) is 0 Å². The minimum Gasteiger partial charge on any atom is -0.490 e. The average Bonchev–Trinajstić information content (AvgIpc) is 3.39. The first-order chi connectivity index (χ1) is 13.6. The van der Waals surface area contributed by atoms with Gasteiger partial charge in [-0.1, -0.05) is 6.07 Å². The first-order valence-electron chi connectivity index (χ1n) is 8.97. The highest BCUT2D eigenvalue weighted by Gasteiger charge is 2.14. The van der Waals surface area contributed by atoms with Gasteiger partial charge in [0.2, 0.25) is 5.78 Å². The first-order valence-corrected chi connectivity index (χ1v) is 10.7. The Labute approximate surface area is 171 Å². The van der Waals surface area contributed by atoms with Gasteiger partial charge in [0.25, 0.3) is 5.91 Å². The standard InChI is InChI=1S/C21H21NO4S2/c1-3-25-16-9-7-14(12-17(16)26-4-2)21(24)22-13-15-8-10-19(28-15)20(23)18-6-5-11-27-18/h5-12H,3-4,13H2,1-2H3,(H,22,24). The van der Waals surface area contributed by atoms with Crippen molar-refractivity contribution in [2.75, 3.05) is 13.2 Å². The molecule has 146 valence electrons. The molecule has 0 saturated carbocycles. The second kappa shape index (κ2) is 9.52. The van der Waals surface area contributed by atoms with E-state index in [0.717, 1.165) is 9.75 Å². The third-order valence-corrected chi connectivity index (χ3v) is 5.81. The Balaban J connectivity index is 1.64. The molecule has 0 radical (unpaired) electrons. The first kappa shape index (κ1) is 20.1. The van der Waals surface area contributed by atoms with Gasteiger partial charge in [0.15, 0.2) is 11.5 Å². The van der Waals surface area contributed by atoms with Crippen LogP contribution in [0.15, 0.2) is 47.8 Å². The van der Waals surface area contributed by atoms with Crippen LogP contribution in [0.1, 0.15) is 43.6 Å². The van der Waals surface area contributed by atoms with E-state index in [1.165, 1.54) is 22.7 Å². The number of ketones is 1. The number of thiophene rings is 2. The number of hydrogen-bond donors (Lipinski definition) is 1. The van der Waals surface area contributed by atoms with E-state index in [0.29, 0.717) is 41.7 Å². The maximum Gasteiger partial charge on any atom is 0.251 e. The summed E-state index contributed by atoms with van der Waals surface area (Å²) in [4.78, 5) is 27.2. The molecule has 0 unspecified atom stereocenters. The zero-order chi connectivity index (χ0) is 19.9. The summed E-state index contributed by atoms with van der Waals surface area (Å²) in [5.41, 5.74) is 0.498. The van der Waals surface area contributed by atoms with Gasteiger partial charge in [0, 0.05) is 10.4 Å². The van der Waals surface area contributed by atoms with Crippen molar-refractivity contribution in [3.8, 4) is 11.5 Å². The minimum absolute atomic E-state index is 0.0189. The zero-order valence-electron chi connectivity index (χ0n) is 15.7. The fraction of sp³-hybridized carbons (Fsp3) is 0.238. The third kappa shape index (κ3) is 4.79. The zero-order valence-corrected chi connectivity index (χ0v) is 17.3. The molecule has 0 atom stereocenters. The van der Waals surface area contributed by atoms with Crippen LogP contribution in [0, 0.1) is 0 Å². The summed E-state index contributed by atoms with van der Waals surface area (Å²) in [6, 6.07) is 12.5. The second-order valence-electron chi connectivity index (χ2n) is 5.78. The van der Waals surface area contributed by atoms with Gasteiger partial charge in [-0.05, 0) is 55.6 Å². The van der Waals surface area contributed by atoms with Gasteiger partial charge in [-0.2, -0.15) is 0 Å². The Bertz CT molecular complexity index is 947. The Morgan fingerprint density at radius 3 is 2.46 bits per heavy atom. The van der Waals surface area contributed by atoms with Crippen molar-refractivity contribution in [1.82, 2.24) is 5.32 Å². The maximum absolute atomic E-state index is 12.5. The SMILES string of the molecule is CCOc1ccc(C(=O)NCc2ccc(C(=O)c3cccs3)s2)cc1OCC. The van der Waals surface area contributed by atoms with E-state index in [2.05, 4.69) is 5.32 Å². The highest BCUT2D eigenvalue weighted by Crippen LogP contribution is 2.28. The van der Waals surface area contributed by atoms with Crippen molar-refractivity contribution in [2.24, 2.45) is 0 Å². The normalized spacial score (nSPS) is 10.5. The van der Waals surface area contributed by atoms with Crippen molar-refractivity contribution in [2.45, 2.75) is 20.4 Å². The Kier molecular flexibility index (Phi) is 6.84. The van der Waals surface area contributed by atoms with Crippen molar-refractivity contribution >= 4 is 34.4 Å². The molecule has 1 aromatic carbocycles. The van der Waals surface area contributed by atoms with E-state index >= 15 is 0 Å². The van der Waals surface area contributed by atoms with Crippen molar-refractivity contribution in [3.05, 3.63) is 68.0 Å². The van der Waals surface area contributed by atoms with Crippen LogP contribution in [0.25, 0.3) is 0 Å². The van der Waals surface area contributed by atoms with Crippen LogP contribution in [0.5, 0.6) is 11.5 Å². The van der Waals surface area contributed by atoms with Gasteiger partial charge < -0.3 is 14.8 Å². The molecule has 0 fully saturated rings. The van der Waals surface area contributed by atoms with E-state index in [1.54, 1.807) is 24.3 Å². The predicted octanol–water partition coefficient (Wildman–Crippen LogP) is 4.77. The molecule has 0 aliphatic rings. The number of rotatable bonds is 9. The van der Waals surface area contributed by atoms with E-state index < -0.39 is 0 Å². The van der Waals surface area contributed by atoms with Crippen LogP contribution in [0.3, 0.4) is 0 Å². The summed E-state index contributed by atoms with van der Waals surface area (Å²) < 4.78 is 11.1. The lowest BCUT2D eigenvalue weighted by molar-refractivity contribution is 0.0950. The lowest BCUT2D eigenvalue weighted by atomic mass is 10.2. The number of carbonyl (C=O) groups excluding carboxylic acids is 2. The summed E-state index contributed by atoms with van der Waals surface area (Å²) in [5.74, 6) is 0.988. The molecule has 0 spiro atoms. The summed E-state index contributed by atoms with van der Waals surface area (Å²) in [6.07, 6.45) is 0. The van der Waals surface area contributed by atoms with Crippen LogP contribution in [0.2, 0.25) is 0 Å². The van der Waals surface area contributed by atoms with Gasteiger partial charge in [-0.3, -0.25) is 9.59 Å². The molecule has 0 aliphatic heterocycles. The van der Waals surface area contributed by atoms with Gasteiger partial charge in [0.1, 0.15) is 0 Å². The smallest absolute Gasteiger partial charge is 0.251 e. The van der Waals surface area contributed by atoms with Crippen LogP contribution >= 0.6 is 22.7 Å². The largest absolute Gasteiger partial charge is 0.490 e. The van der Waals surface area contributed by atoms with Crippen LogP contribution < -0.4 is 14.8 Å². The number of hydrogen-bond acceptors (Lipinski definition) is 6. The second-order valence-corrected chi connectivity index (χ2v) is 7.90. The Hall–Kier alpha value is -2.64. The molecule has 7 heteroatoms. The highest BCUT2D eigenvalue weighted by atomic mass is 32.1. The van der Waals surface area contributed by atoms with Crippen LogP contribution in [-0.4, -0.2) is 24.9 Å². The highest BCUT2D eigenvalue weighted by molar-refractivity contribution is 7.16. The minimum atomic E-state index is -0.205. The molecule has 28 heavy (non-hydrogen) atoms. The average molecular weight is 416 g/mol.